The molecule has 2 aromatic rings. The summed E-state index contributed by atoms with van der Waals surface area (Å²) < 4.78 is 0. The Morgan fingerprint density at radius 1 is 1.38 bits per heavy atom. The summed E-state index contributed by atoms with van der Waals surface area (Å²) in [5, 5.41) is 7.43. The number of nitrogens with zero attached hydrogens (tertiary/aromatic N) is 1. The number of piperidine rings is 1. The number of rotatable bonds is 2. The number of carbonyl (C=O) groups excluding carboxylic acids is 1. The van der Waals surface area contributed by atoms with Gasteiger partial charge in [0.25, 0.3) is 5.91 Å². The van der Waals surface area contributed by atoms with E-state index in [4.69, 9.17) is 0 Å². The summed E-state index contributed by atoms with van der Waals surface area (Å²) in [5.74, 6) is 0.502. The van der Waals surface area contributed by atoms with Crippen LogP contribution in [0.3, 0.4) is 0 Å². The van der Waals surface area contributed by atoms with E-state index in [0.29, 0.717) is 5.92 Å². The summed E-state index contributed by atoms with van der Waals surface area (Å²) in [6.45, 7) is 6.00. The number of nitrogens with one attached hydrogen (secondary N) is 2. The van der Waals surface area contributed by atoms with Crippen LogP contribution >= 0.6 is 0 Å². The lowest BCUT2D eigenvalue weighted by Crippen LogP contribution is -2.50. The average Bonchev–Trinajstić information content (AvgIpc) is 2.48. The van der Waals surface area contributed by atoms with Gasteiger partial charge in [-0.3, -0.25) is 9.78 Å². The summed E-state index contributed by atoms with van der Waals surface area (Å²) in [6.07, 6.45) is 1.10. The first-order valence-electron chi connectivity index (χ1n) is 7.53. The zero-order valence-electron chi connectivity index (χ0n) is 12.5. The molecule has 2 unspecified atom stereocenters. The number of hydrogen-bond donors (Lipinski definition) is 2. The molecule has 1 aliphatic rings. The third kappa shape index (κ3) is 2.90. The topological polar surface area (TPSA) is 54.0 Å². The fraction of sp³-hybridized carbons (Fsp3) is 0.412. The van der Waals surface area contributed by atoms with Crippen molar-refractivity contribution in [1.29, 1.82) is 0 Å². The van der Waals surface area contributed by atoms with Gasteiger partial charge in [-0.05, 0) is 37.9 Å². The number of carbonyl (C=O) groups is 1. The standard InChI is InChI=1S/C17H21N3O/c1-11-7-8-18-10-16(11)20-17(21)14-9-12(2)19-15-6-4-3-5-13(14)15/h3-6,9,11,16,18H,7-8,10H2,1-2H3,(H,20,21). The lowest BCUT2D eigenvalue weighted by molar-refractivity contribution is 0.0917. The van der Waals surface area contributed by atoms with Crippen LogP contribution in [-0.4, -0.2) is 30.0 Å². The molecule has 4 heteroatoms. The maximum Gasteiger partial charge on any atom is 0.252 e. The van der Waals surface area contributed by atoms with Gasteiger partial charge in [-0.1, -0.05) is 25.1 Å². The van der Waals surface area contributed by atoms with Gasteiger partial charge in [-0.15, -0.1) is 0 Å². The molecule has 2 N–H and O–H groups in total. The summed E-state index contributed by atoms with van der Waals surface area (Å²) in [5.41, 5.74) is 2.46. The number of hydrogen-bond acceptors (Lipinski definition) is 3. The highest BCUT2D eigenvalue weighted by Crippen LogP contribution is 2.19. The van der Waals surface area contributed by atoms with Crippen LogP contribution in [0.15, 0.2) is 30.3 Å². The molecule has 3 rings (SSSR count). The van der Waals surface area contributed by atoms with Crippen molar-refractivity contribution >= 4 is 16.8 Å². The Balaban J connectivity index is 1.90. The van der Waals surface area contributed by atoms with E-state index in [1.807, 2.05) is 37.3 Å². The molecule has 0 aliphatic carbocycles. The Hall–Kier alpha value is -1.94. The molecule has 1 saturated heterocycles. The first kappa shape index (κ1) is 14.0. The maximum atomic E-state index is 12.7. The first-order valence-corrected chi connectivity index (χ1v) is 7.53. The van der Waals surface area contributed by atoms with Crippen LogP contribution in [0.25, 0.3) is 10.9 Å². The third-order valence-corrected chi connectivity index (χ3v) is 4.23. The summed E-state index contributed by atoms with van der Waals surface area (Å²) in [7, 11) is 0. The Morgan fingerprint density at radius 2 is 2.19 bits per heavy atom. The number of pyridine rings is 1. The minimum Gasteiger partial charge on any atom is -0.348 e. The van der Waals surface area contributed by atoms with Crippen LogP contribution < -0.4 is 10.6 Å². The third-order valence-electron chi connectivity index (χ3n) is 4.23. The molecule has 0 bridgehead atoms. The fourth-order valence-electron chi connectivity index (χ4n) is 2.92. The minimum absolute atomic E-state index is 0.00255. The molecule has 0 saturated carbocycles. The highest BCUT2D eigenvalue weighted by atomic mass is 16.1. The molecule has 1 aliphatic heterocycles. The van der Waals surface area contributed by atoms with Crippen molar-refractivity contribution < 1.29 is 4.79 Å². The largest absolute Gasteiger partial charge is 0.348 e. The van der Waals surface area contributed by atoms with Gasteiger partial charge in [0.05, 0.1) is 11.1 Å². The van der Waals surface area contributed by atoms with Crippen LogP contribution in [0.1, 0.15) is 29.4 Å². The monoisotopic (exact) mass is 283 g/mol. The molecule has 0 radical (unpaired) electrons. The molecule has 2 heterocycles. The van der Waals surface area contributed by atoms with Crippen molar-refractivity contribution in [3.05, 3.63) is 41.6 Å². The van der Waals surface area contributed by atoms with Crippen molar-refractivity contribution in [2.75, 3.05) is 13.1 Å². The number of fused-ring (bicyclic) bond motifs is 1. The van der Waals surface area contributed by atoms with E-state index in [1.165, 1.54) is 0 Å². The van der Waals surface area contributed by atoms with Gasteiger partial charge < -0.3 is 10.6 Å². The molecule has 1 aromatic carbocycles. The molecule has 4 nitrogen and oxygen atoms in total. The quantitative estimate of drug-likeness (QED) is 0.889. The van der Waals surface area contributed by atoms with Crippen molar-refractivity contribution in [3.63, 3.8) is 0 Å². The molecular formula is C17H21N3O. The average molecular weight is 283 g/mol. The smallest absolute Gasteiger partial charge is 0.252 e. The molecule has 2 atom stereocenters. The van der Waals surface area contributed by atoms with E-state index in [9.17, 15) is 4.79 Å². The van der Waals surface area contributed by atoms with E-state index in [-0.39, 0.29) is 11.9 Å². The van der Waals surface area contributed by atoms with Crippen molar-refractivity contribution in [1.82, 2.24) is 15.6 Å². The molecule has 110 valence electrons. The van der Waals surface area contributed by atoms with E-state index in [1.54, 1.807) is 0 Å². The van der Waals surface area contributed by atoms with Crippen molar-refractivity contribution in [3.8, 4) is 0 Å². The van der Waals surface area contributed by atoms with E-state index >= 15 is 0 Å². The SMILES string of the molecule is Cc1cc(C(=O)NC2CNCCC2C)c2ccccc2n1. The summed E-state index contributed by atoms with van der Waals surface area (Å²) in [6, 6.07) is 9.87. The lowest BCUT2D eigenvalue weighted by Gasteiger charge is -2.30. The van der Waals surface area contributed by atoms with Gasteiger partial charge in [-0.25, -0.2) is 0 Å². The Kier molecular flexibility index (Phi) is 3.88. The molecule has 0 spiro atoms. The summed E-state index contributed by atoms with van der Waals surface area (Å²) >= 11 is 0. The van der Waals surface area contributed by atoms with Crippen molar-refractivity contribution in [2.45, 2.75) is 26.3 Å². The second kappa shape index (κ2) is 5.82. The number of aryl methyl sites for hydroxylation is 1. The van der Waals surface area contributed by atoms with Gasteiger partial charge in [0.1, 0.15) is 0 Å². The number of para-hydroxylation sites is 1. The van der Waals surface area contributed by atoms with E-state index < -0.39 is 0 Å². The second-order valence-electron chi connectivity index (χ2n) is 5.88. The zero-order chi connectivity index (χ0) is 14.8. The normalized spacial score (nSPS) is 22.2. The Labute approximate surface area is 125 Å². The predicted octanol–water partition coefficient (Wildman–Crippen LogP) is 2.27. The molecule has 1 amide bonds. The van der Waals surface area contributed by atoms with Gasteiger partial charge in [0.2, 0.25) is 0 Å². The van der Waals surface area contributed by atoms with E-state index in [2.05, 4.69) is 22.5 Å². The fourth-order valence-corrected chi connectivity index (χ4v) is 2.92. The first-order chi connectivity index (χ1) is 10.1. The minimum atomic E-state index is -0.00255. The second-order valence-corrected chi connectivity index (χ2v) is 5.88. The van der Waals surface area contributed by atoms with Gasteiger partial charge in [-0.2, -0.15) is 0 Å². The number of amides is 1. The molecule has 1 aromatic heterocycles. The van der Waals surface area contributed by atoms with Crippen LogP contribution in [0.2, 0.25) is 0 Å². The highest BCUT2D eigenvalue weighted by molar-refractivity contribution is 6.06. The summed E-state index contributed by atoms with van der Waals surface area (Å²) in [4.78, 5) is 17.1. The lowest BCUT2D eigenvalue weighted by atomic mass is 9.94. The molecule has 1 fully saturated rings. The van der Waals surface area contributed by atoms with Crippen LogP contribution in [0.4, 0.5) is 0 Å². The van der Waals surface area contributed by atoms with E-state index in [0.717, 1.165) is 41.7 Å². The van der Waals surface area contributed by atoms with Crippen LogP contribution in [-0.2, 0) is 0 Å². The van der Waals surface area contributed by atoms with Crippen LogP contribution in [0, 0.1) is 12.8 Å². The maximum absolute atomic E-state index is 12.7. The highest BCUT2D eigenvalue weighted by Gasteiger charge is 2.23. The Morgan fingerprint density at radius 3 is 3.00 bits per heavy atom. The molecular weight excluding hydrogens is 262 g/mol. The zero-order valence-corrected chi connectivity index (χ0v) is 12.5. The van der Waals surface area contributed by atoms with Gasteiger partial charge in [0, 0.05) is 23.7 Å². The number of aromatic nitrogens is 1. The Bertz CT molecular complexity index is 668. The molecule has 21 heavy (non-hydrogen) atoms. The van der Waals surface area contributed by atoms with Gasteiger partial charge in [0.15, 0.2) is 0 Å². The van der Waals surface area contributed by atoms with Gasteiger partial charge >= 0.3 is 0 Å². The van der Waals surface area contributed by atoms with Crippen molar-refractivity contribution in [2.24, 2.45) is 5.92 Å². The number of benzene rings is 1. The predicted molar refractivity (Wildman–Crippen MR) is 84.4 cm³/mol. The van der Waals surface area contributed by atoms with Crippen LogP contribution in [0.5, 0.6) is 0 Å².